The van der Waals surface area contributed by atoms with Gasteiger partial charge in [0.1, 0.15) is 4.90 Å². The molecule has 0 unspecified atom stereocenters. The van der Waals surface area contributed by atoms with Gasteiger partial charge in [0, 0.05) is 24.2 Å². The van der Waals surface area contributed by atoms with Gasteiger partial charge in [-0.15, -0.1) is 0 Å². The van der Waals surface area contributed by atoms with Crippen molar-refractivity contribution < 1.29 is 21.6 Å². The fraction of sp³-hybridized carbons (Fsp3) is 0.0833. The number of hydrogen-bond donors (Lipinski definition) is 1. The van der Waals surface area contributed by atoms with Gasteiger partial charge in [0.25, 0.3) is 10.0 Å². The van der Waals surface area contributed by atoms with E-state index < -0.39 is 26.8 Å². The number of halogens is 3. The van der Waals surface area contributed by atoms with Crippen LogP contribution in [0.2, 0.25) is 0 Å². The average Bonchev–Trinajstić information content (AvgIpc) is 2.47. The van der Waals surface area contributed by atoms with Gasteiger partial charge in [-0.3, -0.25) is 4.98 Å². The minimum Gasteiger partial charge on any atom is -0.250 e. The summed E-state index contributed by atoms with van der Waals surface area (Å²) in [6.07, 6.45) is -0.0746. The van der Waals surface area contributed by atoms with E-state index >= 15 is 0 Å². The molecule has 0 fully saturated rings. The van der Waals surface area contributed by atoms with Crippen molar-refractivity contribution >= 4 is 22.0 Å². The van der Waals surface area contributed by atoms with E-state index in [1.165, 1.54) is 18.5 Å². The summed E-state index contributed by atoms with van der Waals surface area (Å²) in [5, 5.41) is 0. The third-order valence-electron chi connectivity index (χ3n) is 2.46. The molecule has 0 amide bonds. The van der Waals surface area contributed by atoms with Gasteiger partial charge >= 0.3 is 6.18 Å². The molecule has 0 spiro atoms. The zero-order chi connectivity index (χ0) is 16.4. The second kappa shape index (κ2) is 5.72. The molecule has 0 aliphatic carbocycles. The summed E-state index contributed by atoms with van der Waals surface area (Å²) in [5.41, 5.74) is -0.981. The van der Waals surface area contributed by atoms with Crippen molar-refractivity contribution in [1.29, 1.82) is 0 Å². The Bertz CT molecular complexity index is 789. The zero-order valence-electron chi connectivity index (χ0n) is 10.9. The lowest BCUT2D eigenvalue weighted by Gasteiger charge is -2.12. The van der Waals surface area contributed by atoms with Gasteiger partial charge < -0.3 is 0 Å². The second-order valence-electron chi connectivity index (χ2n) is 4.00. The average molecular weight is 330 g/mol. The highest BCUT2D eigenvalue weighted by Crippen LogP contribution is 2.32. The molecule has 116 valence electrons. The van der Waals surface area contributed by atoms with Crippen molar-refractivity contribution in [2.75, 3.05) is 4.72 Å². The molecule has 2 aromatic rings. The first kappa shape index (κ1) is 15.9. The third kappa shape index (κ3) is 3.39. The zero-order valence-corrected chi connectivity index (χ0v) is 11.7. The van der Waals surface area contributed by atoms with Gasteiger partial charge in [-0.2, -0.15) is 13.2 Å². The number of hydrogen-bond acceptors (Lipinski definition) is 5. The number of nitrogens with one attached hydrogen (secondary N) is 1. The number of aromatic nitrogens is 3. The standard InChI is InChI=1S/C12H9F3N4O2S/c1-2-8-6-17-11(18-7-8)19-22(20,21)9-4-3-5-16-10(9)12(13,14)15/h2-7H,1H2,(H,17,18,19). The van der Waals surface area contributed by atoms with Crippen LogP contribution >= 0.6 is 0 Å². The number of alkyl halides is 3. The topological polar surface area (TPSA) is 84.8 Å². The Balaban J connectivity index is 2.40. The lowest BCUT2D eigenvalue weighted by Crippen LogP contribution is -2.21. The van der Waals surface area contributed by atoms with E-state index in [0.29, 0.717) is 5.56 Å². The van der Waals surface area contributed by atoms with E-state index in [9.17, 15) is 21.6 Å². The number of sulfonamides is 1. The molecular weight excluding hydrogens is 321 g/mol. The smallest absolute Gasteiger partial charge is 0.250 e. The molecule has 2 heterocycles. The van der Waals surface area contributed by atoms with E-state index in [4.69, 9.17) is 0 Å². The monoisotopic (exact) mass is 330 g/mol. The lowest BCUT2D eigenvalue weighted by molar-refractivity contribution is -0.143. The Morgan fingerprint density at radius 3 is 2.36 bits per heavy atom. The summed E-state index contributed by atoms with van der Waals surface area (Å²) in [4.78, 5) is 9.44. The molecule has 0 bridgehead atoms. The molecule has 0 atom stereocenters. The SMILES string of the molecule is C=Cc1cnc(NS(=O)(=O)c2cccnc2C(F)(F)F)nc1. The molecule has 0 aromatic carbocycles. The maximum atomic E-state index is 12.8. The lowest BCUT2D eigenvalue weighted by atomic mass is 10.3. The summed E-state index contributed by atoms with van der Waals surface area (Å²) in [5.74, 6) is -0.359. The van der Waals surface area contributed by atoms with Crippen molar-refractivity contribution in [3.8, 4) is 0 Å². The molecule has 0 aliphatic rings. The highest BCUT2D eigenvalue weighted by molar-refractivity contribution is 7.92. The fourth-order valence-electron chi connectivity index (χ4n) is 1.49. The fourth-order valence-corrected chi connectivity index (χ4v) is 2.63. The van der Waals surface area contributed by atoms with Crippen molar-refractivity contribution in [1.82, 2.24) is 15.0 Å². The molecule has 2 rings (SSSR count). The summed E-state index contributed by atoms with van der Waals surface area (Å²) in [6, 6.07) is 1.89. The minimum absolute atomic E-state index is 0.359. The normalized spacial score (nSPS) is 12.0. The van der Waals surface area contributed by atoms with E-state index in [-0.39, 0.29) is 5.95 Å². The van der Waals surface area contributed by atoms with E-state index in [1.54, 1.807) is 0 Å². The van der Waals surface area contributed by atoms with Crippen LogP contribution in [0.1, 0.15) is 11.3 Å². The summed E-state index contributed by atoms with van der Waals surface area (Å²) < 4.78 is 64.5. The Labute approximate surface area is 123 Å². The first-order valence-electron chi connectivity index (χ1n) is 5.73. The minimum atomic E-state index is -4.90. The van der Waals surface area contributed by atoms with Gasteiger partial charge in [0.2, 0.25) is 5.95 Å². The first-order valence-corrected chi connectivity index (χ1v) is 7.22. The van der Waals surface area contributed by atoms with Crippen molar-refractivity contribution in [3.05, 3.63) is 48.6 Å². The van der Waals surface area contributed by atoms with Crippen molar-refractivity contribution in [2.45, 2.75) is 11.1 Å². The molecular formula is C12H9F3N4O2S. The van der Waals surface area contributed by atoms with Crippen LogP contribution in [0.15, 0.2) is 42.2 Å². The van der Waals surface area contributed by atoms with Crippen LogP contribution in [0, 0.1) is 0 Å². The maximum absolute atomic E-state index is 12.8. The molecule has 10 heteroatoms. The van der Waals surface area contributed by atoms with Crippen LogP contribution in [0.5, 0.6) is 0 Å². The predicted molar refractivity (Wildman–Crippen MR) is 72.2 cm³/mol. The number of pyridine rings is 1. The van der Waals surface area contributed by atoms with Crippen molar-refractivity contribution in [2.24, 2.45) is 0 Å². The Morgan fingerprint density at radius 2 is 1.82 bits per heavy atom. The number of rotatable bonds is 4. The van der Waals surface area contributed by atoms with Crippen LogP contribution in [0.25, 0.3) is 6.08 Å². The summed E-state index contributed by atoms with van der Waals surface area (Å²) in [7, 11) is -4.53. The highest BCUT2D eigenvalue weighted by Gasteiger charge is 2.39. The first-order chi connectivity index (χ1) is 10.2. The molecule has 0 radical (unpaired) electrons. The number of nitrogens with zero attached hydrogens (tertiary/aromatic N) is 3. The number of anilines is 1. The maximum Gasteiger partial charge on any atom is 0.434 e. The van der Waals surface area contributed by atoms with Gasteiger partial charge in [-0.05, 0) is 12.1 Å². The highest BCUT2D eigenvalue weighted by atomic mass is 32.2. The van der Waals surface area contributed by atoms with Gasteiger partial charge in [0.05, 0.1) is 0 Å². The Kier molecular flexibility index (Phi) is 4.13. The van der Waals surface area contributed by atoms with Gasteiger partial charge in [0.15, 0.2) is 5.69 Å². The van der Waals surface area contributed by atoms with Gasteiger partial charge in [-0.25, -0.2) is 23.1 Å². The Hall–Kier alpha value is -2.49. The van der Waals surface area contributed by atoms with Crippen LogP contribution < -0.4 is 4.72 Å². The van der Waals surface area contributed by atoms with Crippen LogP contribution in [-0.4, -0.2) is 23.4 Å². The van der Waals surface area contributed by atoms with E-state index in [0.717, 1.165) is 18.3 Å². The summed E-state index contributed by atoms with van der Waals surface area (Å²) in [6.45, 7) is 3.47. The Morgan fingerprint density at radius 1 is 1.18 bits per heavy atom. The second-order valence-corrected chi connectivity index (χ2v) is 5.65. The van der Waals surface area contributed by atoms with Crippen molar-refractivity contribution in [3.63, 3.8) is 0 Å². The molecule has 2 aromatic heterocycles. The molecule has 1 N–H and O–H groups in total. The molecule has 0 saturated heterocycles. The largest absolute Gasteiger partial charge is 0.434 e. The predicted octanol–water partition coefficient (Wildman–Crippen LogP) is 2.33. The van der Waals surface area contributed by atoms with Crippen LogP contribution in [0.3, 0.4) is 0 Å². The summed E-state index contributed by atoms with van der Waals surface area (Å²) >= 11 is 0. The quantitative estimate of drug-likeness (QED) is 0.930. The van der Waals surface area contributed by atoms with E-state index in [1.807, 2.05) is 4.72 Å². The molecule has 0 saturated carbocycles. The molecule has 22 heavy (non-hydrogen) atoms. The van der Waals surface area contributed by atoms with Gasteiger partial charge in [-0.1, -0.05) is 12.7 Å². The molecule has 6 nitrogen and oxygen atoms in total. The van der Waals surface area contributed by atoms with Crippen LogP contribution in [-0.2, 0) is 16.2 Å². The molecule has 0 aliphatic heterocycles. The van der Waals surface area contributed by atoms with Crippen LogP contribution in [0.4, 0.5) is 19.1 Å². The third-order valence-corrected chi connectivity index (χ3v) is 3.82. The van der Waals surface area contributed by atoms with E-state index in [2.05, 4.69) is 21.5 Å².